The molecule has 0 heterocycles. The molecule has 1 aliphatic rings. The number of benzene rings is 1. The van der Waals surface area contributed by atoms with Gasteiger partial charge in [0.1, 0.15) is 12.1 Å². The SMILES string of the molecule is CC1(C)CCCC1OC(=O)[C@@H](N)Cc1ccc(O)c(O)c1. The van der Waals surface area contributed by atoms with Crippen molar-refractivity contribution in [1.82, 2.24) is 0 Å². The van der Waals surface area contributed by atoms with Crippen LogP contribution in [0.2, 0.25) is 0 Å². The third kappa shape index (κ3) is 3.67. The molecule has 1 aromatic carbocycles. The van der Waals surface area contributed by atoms with Gasteiger partial charge in [0, 0.05) is 5.41 Å². The van der Waals surface area contributed by atoms with Crippen LogP contribution in [0.4, 0.5) is 0 Å². The summed E-state index contributed by atoms with van der Waals surface area (Å²) in [6.07, 6.45) is 3.17. The Labute approximate surface area is 124 Å². The van der Waals surface area contributed by atoms with E-state index in [1.165, 1.54) is 12.1 Å². The fourth-order valence-electron chi connectivity index (χ4n) is 2.77. The zero-order valence-electron chi connectivity index (χ0n) is 12.5. The molecule has 2 rings (SSSR count). The molecule has 5 nitrogen and oxygen atoms in total. The maximum atomic E-state index is 12.1. The number of hydrogen-bond donors (Lipinski definition) is 3. The van der Waals surface area contributed by atoms with Gasteiger partial charge in [-0.3, -0.25) is 4.79 Å². The van der Waals surface area contributed by atoms with Crippen LogP contribution in [0.3, 0.4) is 0 Å². The lowest BCUT2D eigenvalue weighted by Gasteiger charge is -2.27. The number of rotatable bonds is 4. The minimum absolute atomic E-state index is 0.00614. The Morgan fingerprint density at radius 2 is 2.14 bits per heavy atom. The Morgan fingerprint density at radius 3 is 2.71 bits per heavy atom. The Morgan fingerprint density at radius 1 is 1.43 bits per heavy atom. The third-order valence-electron chi connectivity index (χ3n) is 4.22. The molecule has 1 aliphatic carbocycles. The lowest BCUT2D eigenvalue weighted by molar-refractivity contribution is -0.155. The van der Waals surface area contributed by atoms with E-state index in [1.54, 1.807) is 6.07 Å². The van der Waals surface area contributed by atoms with Crippen LogP contribution in [-0.4, -0.2) is 28.3 Å². The smallest absolute Gasteiger partial charge is 0.323 e. The fraction of sp³-hybridized carbons (Fsp3) is 0.562. The monoisotopic (exact) mass is 293 g/mol. The van der Waals surface area contributed by atoms with Crippen LogP contribution in [-0.2, 0) is 16.0 Å². The molecule has 0 amide bonds. The second-order valence-electron chi connectivity index (χ2n) is 6.44. The van der Waals surface area contributed by atoms with E-state index in [4.69, 9.17) is 10.5 Å². The van der Waals surface area contributed by atoms with Gasteiger partial charge in [-0.25, -0.2) is 0 Å². The van der Waals surface area contributed by atoms with Crippen molar-refractivity contribution < 1.29 is 19.7 Å². The molecule has 1 saturated carbocycles. The van der Waals surface area contributed by atoms with Gasteiger partial charge in [0.15, 0.2) is 11.5 Å². The van der Waals surface area contributed by atoms with Gasteiger partial charge < -0.3 is 20.7 Å². The summed E-state index contributed by atoms with van der Waals surface area (Å²) in [5.74, 6) is -0.824. The largest absolute Gasteiger partial charge is 0.504 e. The highest BCUT2D eigenvalue weighted by atomic mass is 16.5. The van der Waals surface area contributed by atoms with E-state index >= 15 is 0 Å². The average molecular weight is 293 g/mol. The van der Waals surface area contributed by atoms with Crippen molar-refractivity contribution in [3.63, 3.8) is 0 Å². The number of phenolic OH excluding ortho intramolecular Hbond substituents is 2. The highest BCUT2D eigenvalue weighted by Crippen LogP contribution is 2.39. The number of carbonyl (C=O) groups is 1. The highest BCUT2D eigenvalue weighted by Gasteiger charge is 2.38. The molecule has 21 heavy (non-hydrogen) atoms. The molecule has 4 N–H and O–H groups in total. The van der Waals surface area contributed by atoms with Crippen molar-refractivity contribution in [2.75, 3.05) is 0 Å². The van der Waals surface area contributed by atoms with E-state index in [2.05, 4.69) is 13.8 Å². The van der Waals surface area contributed by atoms with Crippen LogP contribution < -0.4 is 5.73 Å². The first-order valence-electron chi connectivity index (χ1n) is 7.26. The maximum Gasteiger partial charge on any atom is 0.323 e. The topological polar surface area (TPSA) is 92.8 Å². The third-order valence-corrected chi connectivity index (χ3v) is 4.22. The van der Waals surface area contributed by atoms with Crippen LogP contribution in [0.15, 0.2) is 18.2 Å². The van der Waals surface area contributed by atoms with E-state index in [0.717, 1.165) is 19.3 Å². The molecule has 0 spiro atoms. The number of ether oxygens (including phenoxy) is 1. The number of aromatic hydroxyl groups is 2. The van der Waals surface area contributed by atoms with E-state index in [0.29, 0.717) is 5.56 Å². The van der Waals surface area contributed by atoms with Crippen molar-refractivity contribution in [3.8, 4) is 11.5 Å². The first kappa shape index (κ1) is 15.6. The molecular formula is C16H23NO4. The predicted octanol–water partition coefficient (Wildman–Crippen LogP) is 2.09. The molecule has 0 aliphatic heterocycles. The van der Waals surface area contributed by atoms with Crippen molar-refractivity contribution in [2.24, 2.45) is 11.1 Å². The molecule has 0 saturated heterocycles. The maximum absolute atomic E-state index is 12.1. The number of hydrogen-bond acceptors (Lipinski definition) is 5. The molecular weight excluding hydrogens is 270 g/mol. The Hall–Kier alpha value is -1.75. The first-order chi connectivity index (χ1) is 9.79. The zero-order chi connectivity index (χ0) is 15.6. The molecule has 1 unspecified atom stereocenters. The van der Waals surface area contributed by atoms with Gasteiger partial charge >= 0.3 is 5.97 Å². The van der Waals surface area contributed by atoms with E-state index in [1.807, 2.05) is 0 Å². The second kappa shape index (κ2) is 5.93. The van der Waals surface area contributed by atoms with Gasteiger partial charge in [0.05, 0.1) is 0 Å². The summed E-state index contributed by atoms with van der Waals surface area (Å²) in [7, 11) is 0. The Kier molecular flexibility index (Phi) is 4.42. The van der Waals surface area contributed by atoms with Crippen LogP contribution in [0.5, 0.6) is 11.5 Å². The zero-order valence-corrected chi connectivity index (χ0v) is 12.5. The first-order valence-corrected chi connectivity index (χ1v) is 7.26. The van der Waals surface area contributed by atoms with Gasteiger partial charge in [0.2, 0.25) is 0 Å². The molecule has 0 bridgehead atoms. The number of esters is 1. The van der Waals surface area contributed by atoms with Crippen molar-refractivity contribution >= 4 is 5.97 Å². The lowest BCUT2D eigenvalue weighted by atomic mass is 9.89. The molecule has 116 valence electrons. The molecule has 1 aromatic rings. The van der Waals surface area contributed by atoms with Crippen molar-refractivity contribution in [3.05, 3.63) is 23.8 Å². The van der Waals surface area contributed by atoms with E-state index in [-0.39, 0.29) is 29.4 Å². The van der Waals surface area contributed by atoms with Gasteiger partial charge in [-0.1, -0.05) is 19.9 Å². The van der Waals surface area contributed by atoms with Gasteiger partial charge in [-0.2, -0.15) is 0 Å². The minimum atomic E-state index is -0.773. The van der Waals surface area contributed by atoms with Crippen LogP contribution in [0, 0.1) is 5.41 Å². The highest BCUT2D eigenvalue weighted by molar-refractivity contribution is 5.76. The molecule has 0 aromatic heterocycles. The predicted molar refractivity (Wildman–Crippen MR) is 79.0 cm³/mol. The summed E-state index contributed by atoms with van der Waals surface area (Å²) in [6, 6.07) is 3.64. The number of phenols is 2. The summed E-state index contributed by atoms with van der Waals surface area (Å²) in [5.41, 5.74) is 6.57. The second-order valence-corrected chi connectivity index (χ2v) is 6.44. The van der Waals surface area contributed by atoms with E-state index in [9.17, 15) is 15.0 Å². The minimum Gasteiger partial charge on any atom is -0.504 e. The molecule has 2 atom stereocenters. The van der Waals surface area contributed by atoms with Gasteiger partial charge in [0.25, 0.3) is 0 Å². The van der Waals surface area contributed by atoms with Crippen molar-refractivity contribution in [1.29, 1.82) is 0 Å². The fourth-order valence-corrected chi connectivity index (χ4v) is 2.77. The van der Waals surface area contributed by atoms with Crippen LogP contribution in [0.1, 0.15) is 38.7 Å². The lowest BCUT2D eigenvalue weighted by Crippen LogP contribution is -2.39. The summed E-state index contributed by atoms with van der Waals surface area (Å²) in [5, 5.41) is 18.7. The summed E-state index contributed by atoms with van der Waals surface area (Å²) in [4.78, 5) is 12.1. The summed E-state index contributed by atoms with van der Waals surface area (Å²) < 4.78 is 5.54. The molecule has 0 radical (unpaired) electrons. The molecule has 5 heteroatoms. The Bertz CT molecular complexity index is 527. The standard InChI is InChI=1S/C16H23NO4/c1-16(2)7-3-4-14(16)21-15(20)11(17)8-10-5-6-12(18)13(19)9-10/h5-6,9,11,14,18-19H,3-4,7-8,17H2,1-2H3/t11-,14?/m0/s1. The van der Waals surface area contributed by atoms with Crippen molar-refractivity contribution in [2.45, 2.75) is 51.7 Å². The summed E-state index contributed by atoms with van der Waals surface area (Å²) >= 11 is 0. The number of carbonyl (C=O) groups excluding carboxylic acids is 1. The Balaban J connectivity index is 1.95. The van der Waals surface area contributed by atoms with Crippen LogP contribution >= 0.6 is 0 Å². The van der Waals surface area contributed by atoms with Gasteiger partial charge in [-0.15, -0.1) is 0 Å². The van der Waals surface area contributed by atoms with Gasteiger partial charge in [-0.05, 0) is 43.4 Å². The molecule has 1 fully saturated rings. The normalized spacial score (nSPS) is 22.0. The average Bonchev–Trinajstić information content (AvgIpc) is 2.73. The summed E-state index contributed by atoms with van der Waals surface area (Å²) in [6.45, 7) is 4.20. The quantitative estimate of drug-likeness (QED) is 0.584. The number of nitrogens with two attached hydrogens (primary N) is 1. The van der Waals surface area contributed by atoms with Crippen LogP contribution in [0.25, 0.3) is 0 Å². The van der Waals surface area contributed by atoms with E-state index < -0.39 is 12.0 Å².